The molecule has 0 unspecified atom stereocenters. The van der Waals surface area contributed by atoms with E-state index in [9.17, 15) is 0 Å². The normalized spacial score (nSPS) is 12.1. The molecule has 6 heterocycles. The van der Waals surface area contributed by atoms with Gasteiger partial charge in [0.25, 0.3) is 0 Å². The van der Waals surface area contributed by atoms with Crippen LogP contribution in [0.25, 0.3) is 91.5 Å². The van der Waals surface area contributed by atoms with Crippen LogP contribution in [0.1, 0.15) is 0 Å². The van der Waals surface area contributed by atoms with Gasteiger partial charge in [0.05, 0.1) is 20.8 Å². The molecule has 10 rings (SSSR count). The van der Waals surface area contributed by atoms with Crippen LogP contribution in [0.15, 0.2) is 108 Å². The standard InChI is InChI=1S/C36H18N2S6/c1-3-21(35-15-37-17-39-35)7-27-19(1)9-31(41-27)33-13-25-5-23-12-30-26(6-24(23)11-29(25)43-33)14-34(44-30)32-10-20-2-4-22(8-28(20)42-32)36-16-38-18-40-36/h1-18H. The van der Waals surface area contributed by atoms with Crippen molar-refractivity contribution in [2.75, 3.05) is 0 Å². The van der Waals surface area contributed by atoms with Crippen molar-refractivity contribution in [1.82, 2.24) is 9.97 Å². The summed E-state index contributed by atoms with van der Waals surface area (Å²) in [5.41, 5.74) is 6.28. The predicted molar refractivity (Wildman–Crippen MR) is 199 cm³/mol. The fourth-order valence-electron chi connectivity index (χ4n) is 5.90. The Morgan fingerprint density at radius 1 is 0.341 bits per heavy atom. The monoisotopic (exact) mass is 670 g/mol. The molecule has 6 aromatic heterocycles. The van der Waals surface area contributed by atoms with Crippen molar-refractivity contribution in [2.24, 2.45) is 0 Å². The maximum absolute atomic E-state index is 4.25. The Morgan fingerprint density at radius 2 is 0.750 bits per heavy atom. The molecule has 0 aliphatic rings. The van der Waals surface area contributed by atoms with Gasteiger partial charge in [-0.15, -0.1) is 68.0 Å². The second kappa shape index (κ2) is 9.87. The third kappa shape index (κ3) is 4.21. The first kappa shape index (κ1) is 25.6. The minimum absolute atomic E-state index is 1.22. The number of thiophene rings is 4. The third-order valence-electron chi connectivity index (χ3n) is 8.07. The van der Waals surface area contributed by atoms with E-state index in [-0.39, 0.29) is 0 Å². The zero-order valence-corrected chi connectivity index (χ0v) is 27.6. The molecule has 0 bridgehead atoms. The Balaban J connectivity index is 1.01. The van der Waals surface area contributed by atoms with Crippen LogP contribution in [0.5, 0.6) is 0 Å². The van der Waals surface area contributed by atoms with Crippen molar-refractivity contribution in [3.05, 3.63) is 108 Å². The van der Waals surface area contributed by atoms with Gasteiger partial charge in [-0.2, -0.15) is 0 Å². The third-order valence-corrected chi connectivity index (χ3v) is 14.5. The molecule has 0 radical (unpaired) electrons. The van der Waals surface area contributed by atoms with Gasteiger partial charge >= 0.3 is 0 Å². The van der Waals surface area contributed by atoms with Crippen molar-refractivity contribution in [2.45, 2.75) is 0 Å². The van der Waals surface area contributed by atoms with Gasteiger partial charge in [-0.1, -0.05) is 24.3 Å². The molecule has 0 saturated carbocycles. The van der Waals surface area contributed by atoms with Crippen LogP contribution in [0.3, 0.4) is 0 Å². The Morgan fingerprint density at radius 3 is 1.16 bits per heavy atom. The van der Waals surface area contributed by atoms with Gasteiger partial charge in [-0.05, 0) is 104 Å². The summed E-state index contributed by atoms with van der Waals surface area (Å²) < 4.78 is 5.32. The zero-order valence-electron chi connectivity index (χ0n) is 22.7. The Labute approximate surface area is 275 Å². The maximum atomic E-state index is 4.25. The van der Waals surface area contributed by atoms with Gasteiger partial charge in [0, 0.05) is 50.7 Å². The molecule has 0 spiro atoms. The van der Waals surface area contributed by atoms with Crippen LogP contribution < -0.4 is 0 Å². The Hall–Kier alpha value is -3.76. The first-order valence-electron chi connectivity index (χ1n) is 14.0. The number of thiazole rings is 2. The lowest BCUT2D eigenvalue weighted by atomic mass is 10.1. The largest absolute Gasteiger partial charge is 0.252 e. The maximum Gasteiger partial charge on any atom is 0.0797 e. The summed E-state index contributed by atoms with van der Waals surface area (Å²) in [7, 11) is 0. The lowest BCUT2D eigenvalue weighted by Crippen LogP contribution is -1.72. The highest BCUT2D eigenvalue weighted by molar-refractivity contribution is 7.29. The quantitative estimate of drug-likeness (QED) is 0.186. The number of hydrogen-bond donors (Lipinski definition) is 0. The molecule has 0 aliphatic carbocycles. The topological polar surface area (TPSA) is 25.8 Å². The molecule has 2 nitrogen and oxygen atoms in total. The number of hydrogen-bond acceptors (Lipinski definition) is 8. The molecule has 44 heavy (non-hydrogen) atoms. The molecular weight excluding hydrogens is 653 g/mol. The molecular formula is C36H18N2S6. The van der Waals surface area contributed by atoms with Crippen molar-refractivity contribution in [1.29, 1.82) is 0 Å². The fraction of sp³-hybridized carbons (Fsp3) is 0. The molecule has 0 saturated heterocycles. The Kier molecular flexibility index (Phi) is 5.73. The first-order chi connectivity index (χ1) is 21.7. The average Bonchev–Trinajstić information content (AvgIpc) is 3.88. The SMILES string of the molecule is c1ncc(-c2ccc3cc(-c4cc5cc6cc7sc(-c8cc9ccc(-c%10cncs%10)cc9s8)cc7cc6cc5s4)sc3c2)s1. The molecule has 0 fully saturated rings. The van der Waals surface area contributed by atoms with Crippen LogP contribution in [0.2, 0.25) is 0 Å². The summed E-state index contributed by atoms with van der Waals surface area (Å²) in [6.07, 6.45) is 3.90. The molecule has 0 atom stereocenters. The molecule has 208 valence electrons. The summed E-state index contributed by atoms with van der Waals surface area (Å²) >= 11 is 10.9. The van der Waals surface area contributed by atoms with Crippen LogP contribution in [0, 0.1) is 0 Å². The van der Waals surface area contributed by atoms with E-state index in [1.165, 1.54) is 91.5 Å². The number of rotatable bonds is 4. The number of fused-ring (bicyclic) bond motifs is 5. The van der Waals surface area contributed by atoms with Gasteiger partial charge in [-0.3, -0.25) is 9.97 Å². The van der Waals surface area contributed by atoms with Crippen molar-refractivity contribution >= 4 is 119 Å². The second-order valence-electron chi connectivity index (χ2n) is 10.8. The van der Waals surface area contributed by atoms with E-state index in [0.717, 1.165) is 0 Å². The van der Waals surface area contributed by atoms with Gasteiger partial charge < -0.3 is 0 Å². The van der Waals surface area contributed by atoms with Gasteiger partial charge in [0.2, 0.25) is 0 Å². The molecule has 0 amide bonds. The van der Waals surface area contributed by atoms with Crippen molar-refractivity contribution in [3.63, 3.8) is 0 Å². The van der Waals surface area contributed by atoms with Crippen LogP contribution in [0.4, 0.5) is 0 Å². The van der Waals surface area contributed by atoms with E-state index in [1.807, 2.05) is 68.8 Å². The lowest BCUT2D eigenvalue weighted by molar-refractivity contribution is 1.43. The molecule has 4 aromatic carbocycles. The first-order valence-corrected chi connectivity index (χ1v) is 19.0. The number of aromatic nitrogens is 2. The predicted octanol–water partition coefficient (Wildman–Crippen LogP) is 13.3. The van der Waals surface area contributed by atoms with Crippen LogP contribution in [-0.4, -0.2) is 9.97 Å². The highest BCUT2D eigenvalue weighted by Crippen LogP contribution is 2.45. The van der Waals surface area contributed by atoms with Crippen LogP contribution in [-0.2, 0) is 0 Å². The van der Waals surface area contributed by atoms with Crippen molar-refractivity contribution in [3.8, 4) is 40.4 Å². The minimum atomic E-state index is 1.22. The summed E-state index contributed by atoms with van der Waals surface area (Å²) in [6.45, 7) is 0. The molecule has 10 aromatic rings. The van der Waals surface area contributed by atoms with Crippen LogP contribution >= 0.6 is 68.0 Å². The lowest BCUT2D eigenvalue weighted by Gasteiger charge is -1.99. The van der Waals surface area contributed by atoms with E-state index in [0.29, 0.717) is 0 Å². The van der Waals surface area contributed by atoms with E-state index in [4.69, 9.17) is 0 Å². The molecule has 8 heteroatoms. The van der Waals surface area contributed by atoms with Gasteiger partial charge in [-0.25, -0.2) is 0 Å². The summed E-state index contributed by atoms with van der Waals surface area (Å²) in [4.78, 5) is 16.3. The highest BCUT2D eigenvalue weighted by atomic mass is 32.1. The van der Waals surface area contributed by atoms with Crippen molar-refractivity contribution < 1.29 is 0 Å². The fourth-order valence-corrected chi connectivity index (χ4v) is 11.7. The summed E-state index contributed by atoms with van der Waals surface area (Å²) in [5.74, 6) is 0. The summed E-state index contributed by atoms with van der Waals surface area (Å²) in [6, 6.07) is 32.4. The van der Waals surface area contributed by atoms with E-state index in [2.05, 4.69) is 94.9 Å². The number of benzene rings is 4. The highest BCUT2D eigenvalue weighted by Gasteiger charge is 2.14. The van der Waals surface area contributed by atoms with E-state index >= 15 is 0 Å². The number of nitrogens with zero attached hydrogens (tertiary/aromatic N) is 2. The Bertz CT molecular complexity index is 2410. The van der Waals surface area contributed by atoms with Gasteiger partial charge in [0.15, 0.2) is 0 Å². The van der Waals surface area contributed by atoms with Gasteiger partial charge in [0.1, 0.15) is 0 Å². The van der Waals surface area contributed by atoms with E-state index < -0.39 is 0 Å². The minimum Gasteiger partial charge on any atom is -0.252 e. The molecule has 0 aliphatic heterocycles. The smallest absolute Gasteiger partial charge is 0.0797 e. The molecule has 0 N–H and O–H groups in total. The second-order valence-corrected chi connectivity index (χ2v) is 16.9. The summed E-state index contributed by atoms with van der Waals surface area (Å²) in [5, 5.41) is 7.85. The average molecular weight is 671 g/mol. The van der Waals surface area contributed by atoms with E-state index in [1.54, 1.807) is 22.7 Å². The zero-order chi connectivity index (χ0) is 28.8.